The van der Waals surface area contributed by atoms with Crippen LogP contribution in [0.1, 0.15) is 26.2 Å². The van der Waals surface area contributed by atoms with Gasteiger partial charge >= 0.3 is 0 Å². The molecule has 0 aromatic rings. The van der Waals surface area contributed by atoms with Crippen molar-refractivity contribution in [2.75, 3.05) is 26.7 Å². The molecule has 0 saturated heterocycles. The minimum atomic E-state index is 0.170. The van der Waals surface area contributed by atoms with E-state index in [-0.39, 0.29) is 6.10 Å². The van der Waals surface area contributed by atoms with E-state index < -0.39 is 0 Å². The lowest BCUT2D eigenvalue weighted by atomic mass is 9.70. The fourth-order valence-electron chi connectivity index (χ4n) is 1.75. The zero-order valence-corrected chi connectivity index (χ0v) is 8.81. The predicted molar refractivity (Wildman–Crippen MR) is 54.7 cm³/mol. The fourth-order valence-corrected chi connectivity index (χ4v) is 1.75. The second-order valence-corrected chi connectivity index (χ2v) is 4.39. The summed E-state index contributed by atoms with van der Waals surface area (Å²) in [6.45, 7) is 4.92. The van der Waals surface area contributed by atoms with Gasteiger partial charge in [-0.05, 0) is 18.3 Å². The van der Waals surface area contributed by atoms with Gasteiger partial charge < -0.3 is 15.8 Å². The summed E-state index contributed by atoms with van der Waals surface area (Å²) in [5, 5.41) is 3.42. The van der Waals surface area contributed by atoms with Crippen LogP contribution >= 0.6 is 0 Å². The van der Waals surface area contributed by atoms with Gasteiger partial charge in [-0.3, -0.25) is 0 Å². The zero-order valence-electron chi connectivity index (χ0n) is 8.81. The predicted octanol–water partition coefficient (Wildman–Crippen LogP) is 0.740. The Bertz CT molecular complexity index is 142. The molecule has 0 amide bonds. The highest BCUT2D eigenvalue weighted by atomic mass is 16.5. The van der Waals surface area contributed by atoms with E-state index in [1.807, 2.05) is 0 Å². The molecule has 1 saturated carbocycles. The van der Waals surface area contributed by atoms with E-state index in [1.165, 1.54) is 19.3 Å². The molecule has 1 unspecified atom stereocenters. The van der Waals surface area contributed by atoms with Gasteiger partial charge in [0.15, 0.2) is 0 Å². The van der Waals surface area contributed by atoms with Crippen molar-refractivity contribution < 1.29 is 4.74 Å². The maximum absolute atomic E-state index is 5.51. The molecule has 0 spiro atoms. The summed E-state index contributed by atoms with van der Waals surface area (Å²) in [6, 6.07) is 0. The minimum absolute atomic E-state index is 0.170. The van der Waals surface area contributed by atoms with E-state index in [9.17, 15) is 0 Å². The van der Waals surface area contributed by atoms with Crippen LogP contribution in [0.15, 0.2) is 0 Å². The first kappa shape index (κ1) is 11.0. The second kappa shape index (κ2) is 4.94. The van der Waals surface area contributed by atoms with Gasteiger partial charge in [-0.2, -0.15) is 0 Å². The third kappa shape index (κ3) is 3.25. The number of hydrogen-bond acceptors (Lipinski definition) is 3. The average Bonchev–Trinajstić information content (AvgIpc) is 2.10. The Kier molecular flexibility index (Phi) is 4.16. The van der Waals surface area contributed by atoms with Crippen molar-refractivity contribution in [3.05, 3.63) is 0 Å². The quantitative estimate of drug-likeness (QED) is 0.643. The number of ether oxygens (including phenoxy) is 1. The van der Waals surface area contributed by atoms with Crippen LogP contribution in [0.2, 0.25) is 0 Å². The normalized spacial score (nSPS) is 22.4. The molecule has 1 aliphatic carbocycles. The van der Waals surface area contributed by atoms with E-state index in [0.717, 1.165) is 13.1 Å². The van der Waals surface area contributed by atoms with Crippen molar-refractivity contribution in [3.8, 4) is 0 Å². The monoisotopic (exact) mass is 186 g/mol. The van der Waals surface area contributed by atoms with Gasteiger partial charge in [-0.1, -0.05) is 13.3 Å². The Balaban J connectivity index is 2.05. The van der Waals surface area contributed by atoms with E-state index in [2.05, 4.69) is 12.2 Å². The molecule has 0 aromatic heterocycles. The molecule has 3 heteroatoms. The summed E-state index contributed by atoms with van der Waals surface area (Å²) in [7, 11) is 1.71. The summed E-state index contributed by atoms with van der Waals surface area (Å²) in [5.41, 5.74) is 6.06. The molecule has 13 heavy (non-hydrogen) atoms. The molecular formula is C10H22N2O. The van der Waals surface area contributed by atoms with Gasteiger partial charge in [0.1, 0.15) is 0 Å². The second-order valence-electron chi connectivity index (χ2n) is 4.39. The highest BCUT2D eigenvalue weighted by Gasteiger charge is 2.31. The summed E-state index contributed by atoms with van der Waals surface area (Å²) in [6.07, 6.45) is 4.28. The first-order valence-corrected chi connectivity index (χ1v) is 5.14. The van der Waals surface area contributed by atoms with Gasteiger partial charge in [-0.15, -0.1) is 0 Å². The number of nitrogens with two attached hydrogens (primary N) is 1. The topological polar surface area (TPSA) is 47.3 Å². The summed E-state index contributed by atoms with van der Waals surface area (Å²) in [4.78, 5) is 0. The van der Waals surface area contributed by atoms with Crippen LogP contribution in [-0.4, -0.2) is 32.8 Å². The number of methoxy groups -OCH3 is 1. The lowest BCUT2D eigenvalue weighted by Gasteiger charge is -2.38. The molecule has 0 heterocycles. The van der Waals surface area contributed by atoms with Crippen LogP contribution in [0.5, 0.6) is 0 Å². The molecule has 1 rings (SSSR count). The van der Waals surface area contributed by atoms with Crippen molar-refractivity contribution in [1.82, 2.24) is 5.32 Å². The maximum Gasteiger partial charge on any atom is 0.0817 e. The molecule has 0 aromatic carbocycles. The fraction of sp³-hybridized carbons (Fsp3) is 1.00. The molecular weight excluding hydrogens is 164 g/mol. The van der Waals surface area contributed by atoms with Crippen LogP contribution in [0.4, 0.5) is 0 Å². The highest BCUT2D eigenvalue weighted by molar-refractivity contribution is 4.85. The van der Waals surface area contributed by atoms with Crippen molar-refractivity contribution in [3.63, 3.8) is 0 Å². The minimum Gasteiger partial charge on any atom is -0.379 e. The summed E-state index contributed by atoms with van der Waals surface area (Å²) in [5.74, 6) is 0. The van der Waals surface area contributed by atoms with Gasteiger partial charge in [0.25, 0.3) is 0 Å². The van der Waals surface area contributed by atoms with Crippen molar-refractivity contribution >= 4 is 0 Å². The summed E-state index contributed by atoms with van der Waals surface area (Å²) >= 11 is 0. The van der Waals surface area contributed by atoms with Crippen molar-refractivity contribution in [1.29, 1.82) is 0 Å². The van der Waals surface area contributed by atoms with Crippen LogP contribution in [0.25, 0.3) is 0 Å². The molecule has 0 bridgehead atoms. The largest absolute Gasteiger partial charge is 0.379 e. The van der Waals surface area contributed by atoms with Gasteiger partial charge in [0.2, 0.25) is 0 Å². The van der Waals surface area contributed by atoms with Gasteiger partial charge in [0, 0.05) is 26.7 Å². The van der Waals surface area contributed by atoms with Crippen LogP contribution in [0.3, 0.4) is 0 Å². The molecule has 1 atom stereocenters. The summed E-state index contributed by atoms with van der Waals surface area (Å²) < 4.78 is 5.18. The molecule has 1 fully saturated rings. The standard InChI is InChI=1S/C10H22N2O/c1-10(4-3-5-10)8-12-7-9(6-11)13-2/h9,12H,3-8,11H2,1-2H3. The Morgan fingerprint density at radius 1 is 1.54 bits per heavy atom. The van der Waals surface area contributed by atoms with Gasteiger partial charge in [-0.25, -0.2) is 0 Å². The van der Waals surface area contributed by atoms with Crippen molar-refractivity contribution in [2.45, 2.75) is 32.3 Å². The van der Waals surface area contributed by atoms with E-state index in [1.54, 1.807) is 7.11 Å². The molecule has 0 aliphatic heterocycles. The lowest BCUT2D eigenvalue weighted by Crippen LogP contribution is -2.42. The molecule has 3 nitrogen and oxygen atoms in total. The van der Waals surface area contributed by atoms with E-state index in [0.29, 0.717) is 12.0 Å². The molecule has 3 N–H and O–H groups in total. The smallest absolute Gasteiger partial charge is 0.0817 e. The lowest BCUT2D eigenvalue weighted by molar-refractivity contribution is 0.0963. The number of rotatable bonds is 6. The number of nitrogens with one attached hydrogen (secondary N) is 1. The van der Waals surface area contributed by atoms with Crippen molar-refractivity contribution in [2.24, 2.45) is 11.1 Å². The zero-order chi connectivity index (χ0) is 9.73. The first-order valence-electron chi connectivity index (χ1n) is 5.14. The SMILES string of the molecule is COC(CN)CNCC1(C)CCC1. The van der Waals surface area contributed by atoms with E-state index >= 15 is 0 Å². The average molecular weight is 186 g/mol. The molecule has 1 aliphatic rings. The maximum atomic E-state index is 5.51. The number of hydrogen-bond donors (Lipinski definition) is 2. The third-order valence-corrected chi connectivity index (χ3v) is 3.08. The Morgan fingerprint density at radius 3 is 2.62 bits per heavy atom. The highest BCUT2D eigenvalue weighted by Crippen LogP contribution is 2.39. The Labute approximate surface area is 81.0 Å². The van der Waals surface area contributed by atoms with Crippen LogP contribution < -0.4 is 11.1 Å². The first-order chi connectivity index (χ1) is 6.20. The van der Waals surface area contributed by atoms with Crippen LogP contribution in [-0.2, 0) is 4.74 Å². The Hall–Kier alpha value is -0.120. The van der Waals surface area contributed by atoms with E-state index in [4.69, 9.17) is 10.5 Å². The molecule has 0 radical (unpaired) electrons. The molecule has 78 valence electrons. The van der Waals surface area contributed by atoms with Gasteiger partial charge in [0.05, 0.1) is 6.10 Å². The Morgan fingerprint density at radius 2 is 2.23 bits per heavy atom. The third-order valence-electron chi connectivity index (χ3n) is 3.08. The van der Waals surface area contributed by atoms with Crippen LogP contribution in [0, 0.1) is 5.41 Å².